The van der Waals surface area contributed by atoms with Gasteiger partial charge >= 0.3 is 6.18 Å². The van der Waals surface area contributed by atoms with E-state index in [0.29, 0.717) is 11.3 Å². The maximum absolute atomic E-state index is 12.8. The molecule has 0 saturated heterocycles. The molecule has 0 aromatic heterocycles. The molecule has 0 saturated carbocycles. The molecule has 1 aromatic rings. The molecule has 1 aliphatic rings. The Morgan fingerprint density at radius 3 is 2.44 bits per heavy atom. The monoisotopic (exact) mass is 227 g/mol. The van der Waals surface area contributed by atoms with Crippen LogP contribution >= 0.6 is 0 Å². The van der Waals surface area contributed by atoms with E-state index >= 15 is 0 Å². The molecule has 0 spiro atoms. The van der Waals surface area contributed by atoms with Gasteiger partial charge in [0.25, 0.3) is 0 Å². The van der Waals surface area contributed by atoms with Crippen LogP contribution in [0, 0.1) is 0 Å². The van der Waals surface area contributed by atoms with Crippen LogP contribution in [0.1, 0.15) is 12.5 Å². The second-order valence-electron chi connectivity index (χ2n) is 3.96. The van der Waals surface area contributed by atoms with E-state index in [1.54, 1.807) is 19.1 Å². The Bertz CT molecular complexity index is 434. The SMILES string of the molecule is CC1=CC(C(F)(F)F)N(C)c2ccccc21. The summed E-state index contributed by atoms with van der Waals surface area (Å²) in [6.07, 6.45) is -2.97. The number of hydrogen-bond donors (Lipinski definition) is 0. The Morgan fingerprint density at radius 1 is 1.19 bits per heavy atom. The average Bonchev–Trinajstić information content (AvgIpc) is 2.22. The van der Waals surface area contributed by atoms with Crippen molar-refractivity contribution in [3.05, 3.63) is 35.9 Å². The van der Waals surface area contributed by atoms with Crippen LogP contribution in [-0.2, 0) is 0 Å². The number of fused-ring (bicyclic) bond motifs is 1. The molecule has 0 bridgehead atoms. The van der Waals surface area contributed by atoms with E-state index in [1.165, 1.54) is 18.0 Å². The predicted molar refractivity (Wildman–Crippen MR) is 58.3 cm³/mol. The zero-order valence-corrected chi connectivity index (χ0v) is 9.05. The highest BCUT2D eigenvalue weighted by Gasteiger charge is 2.43. The van der Waals surface area contributed by atoms with Gasteiger partial charge in [-0.1, -0.05) is 18.2 Å². The van der Waals surface area contributed by atoms with Crippen molar-refractivity contribution in [2.24, 2.45) is 0 Å². The summed E-state index contributed by atoms with van der Waals surface area (Å²) in [7, 11) is 1.47. The third kappa shape index (κ3) is 1.68. The molecule has 4 heteroatoms. The molecule has 0 N–H and O–H groups in total. The van der Waals surface area contributed by atoms with Crippen molar-refractivity contribution in [2.45, 2.75) is 19.1 Å². The minimum Gasteiger partial charge on any atom is -0.359 e. The van der Waals surface area contributed by atoms with Crippen LogP contribution in [-0.4, -0.2) is 19.3 Å². The molecule has 1 atom stereocenters. The first-order valence-corrected chi connectivity index (χ1v) is 4.98. The van der Waals surface area contributed by atoms with E-state index in [9.17, 15) is 13.2 Å². The Labute approximate surface area is 92.2 Å². The Kier molecular flexibility index (Phi) is 2.45. The lowest BCUT2D eigenvalue weighted by molar-refractivity contribution is -0.137. The summed E-state index contributed by atoms with van der Waals surface area (Å²) in [6, 6.07) is 5.61. The van der Waals surface area contributed by atoms with Gasteiger partial charge in [-0.25, -0.2) is 0 Å². The zero-order chi connectivity index (χ0) is 11.9. The molecule has 16 heavy (non-hydrogen) atoms. The molecular weight excluding hydrogens is 215 g/mol. The first-order chi connectivity index (χ1) is 7.41. The fraction of sp³-hybridized carbons (Fsp3) is 0.333. The molecule has 1 aromatic carbocycles. The van der Waals surface area contributed by atoms with E-state index < -0.39 is 12.2 Å². The molecule has 0 fully saturated rings. The van der Waals surface area contributed by atoms with Crippen molar-refractivity contribution >= 4 is 11.3 Å². The molecule has 1 nitrogen and oxygen atoms in total. The Morgan fingerprint density at radius 2 is 1.81 bits per heavy atom. The van der Waals surface area contributed by atoms with E-state index in [4.69, 9.17) is 0 Å². The highest BCUT2D eigenvalue weighted by atomic mass is 19.4. The van der Waals surface area contributed by atoms with Crippen molar-refractivity contribution in [2.75, 3.05) is 11.9 Å². The van der Waals surface area contributed by atoms with Crippen LogP contribution in [0.2, 0.25) is 0 Å². The quantitative estimate of drug-likeness (QED) is 0.656. The highest BCUT2D eigenvalue weighted by Crippen LogP contribution is 2.38. The van der Waals surface area contributed by atoms with Crippen molar-refractivity contribution in [1.82, 2.24) is 0 Å². The van der Waals surface area contributed by atoms with Crippen LogP contribution in [0.25, 0.3) is 5.57 Å². The van der Waals surface area contributed by atoms with Gasteiger partial charge in [0.2, 0.25) is 0 Å². The Hall–Kier alpha value is -1.45. The van der Waals surface area contributed by atoms with Gasteiger partial charge in [0, 0.05) is 18.3 Å². The summed E-state index contributed by atoms with van der Waals surface area (Å²) in [5.41, 5.74) is 2.17. The van der Waals surface area contributed by atoms with Gasteiger partial charge in [-0.05, 0) is 24.6 Å². The van der Waals surface area contributed by atoms with Gasteiger partial charge in [0.05, 0.1) is 0 Å². The summed E-state index contributed by atoms with van der Waals surface area (Å²) in [6.45, 7) is 1.71. The second-order valence-corrected chi connectivity index (χ2v) is 3.96. The number of para-hydroxylation sites is 1. The summed E-state index contributed by atoms with van der Waals surface area (Å²) in [5, 5.41) is 0. The molecule has 86 valence electrons. The number of allylic oxidation sites excluding steroid dienone is 1. The normalized spacial score (nSPS) is 20.4. The minimum absolute atomic E-state index is 0.629. The first kappa shape index (κ1) is 11.0. The molecule has 1 heterocycles. The lowest BCUT2D eigenvalue weighted by atomic mass is 9.96. The number of anilines is 1. The standard InChI is InChI=1S/C12H12F3N/c1-8-7-11(12(13,14)15)16(2)10-6-4-3-5-9(8)10/h3-7,11H,1-2H3. The second kappa shape index (κ2) is 3.54. The Balaban J connectivity index is 2.51. The molecule has 1 unspecified atom stereocenters. The van der Waals surface area contributed by atoms with Gasteiger partial charge in [-0.3, -0.25) is 0 Å². The van der Waals surface area contributed by atoms with E-state index in [0.717, 1.165) is 5.56 Å². The molecule has 0 amide bonds. The van der Waals surface area contributed by atoms with Crippen molar-refractivity contribution in [3.63, 3.8) is 0 Å². The maximum Gasteiger partial charge on any atom is 0.412 e. The fourth-order valence-corrected chi connectivity index (χ4v) is 2.02. The van der Waals surface area contributed by atoms with Crippen LogP contribution < -0.4 is 4.90 Å². The highest BCUT2D eigenvalue weighted by molar-refractivity contribution is 5.79. The number of benzene rings is 1. The number of rotatable bonds is 0. The van der Waals surface area contributed by atoms with E-state index in [-0.39, 0.29) is 0 Å². The van der Waals surface area contributed by atoms with Crippen LogP contribution in [0.5, 0.6) is 0 Å². The smallest absolute Gasteiger partial charge is 0.359 e. The number of likely N-dealkylation sites (N-methyl/N-ethyl adjacent to an activating group) is 1. The summed E-state index contributed by atoms with van der Waals surface area (Å²) in [4.78, 5) is 1.27. The summed E-state index contributed by atoms with van der Waals surface area (Å²) < 4.78 is 38.3. The molecule has 1 aliphatic heterocycles. The molecule has 2 rings (SSSR count). The van der Waals surface area contributed by atoms with Crippen LogP contribution in [0.3, 0.4) is 0 Å². The summed E-state index contributed by atoms with van der Waals surface area (Å²) >= 11 is 0. The largest absolute Gasteiger partial charge is 0.412 e. The molecule has 0 aliphatic carbocycles. The van der Waals surface area contributed by atoms with Gasteiger partial charge in [0.1, 0.15) is 6.04 Å². The number of nitrogens with zero attached hydrogens (tertiary/aromatic N) is 1. The number of alkyl halides is 3. The fourth-order valence-electron chi connectivity index (χ4n) is 2.02. The predicted octanol–water partition coefficient (Wildman–Crippen LogP) is 3.47. The lowest BCUT2D eigenvalue weighted by Gasteiger charge is -2.35. The third-order valence-corrected chi connectivity index (χ3v) is 2.87. The van der Waals surface area contributed by atoms with Crippen molar-refractivity contribution in [3.8, 4) is 0 Å². The average molecular weight is 227 g/mol. The third-order valence-electron chi connectivity index (χ3n) is 2.87. The van der Waals surface area contributed by atoms with E-state index in [2.05, 4.69) is 0 Å². The maximum atomic E-state index is 12.8. The van der Waals surface area contributed by atoms with Gasteiger partial charge < -0.3 is 4.90 Å². The van der Waals surface area contributed by atoms with Gasteiger partial charge in [-0.15, -0.1) is 0 Å². The topological polar surface area (TPSA) is 3.24 Å². The lowest BCUT2D eigenvalue weighted by Crippen LogP contribution is -2.44. The van der Waals surface area contributed by atoms with Crippen molar-refractivity contribution in [1.29, 1.82) is 0 Å². The van der Waals surface area contributed by atoms with E-state index in [1.807, 2.05) is 12.1 Å². The number of halogens is 3. The van der Waals surface area contributed by atoms with Gasteiger partial charge in [0.15, 0.2) is 0 Å². The van der Waals surface area contributed by atoms with Crippen molar-refractivity contribution < 1.29 is 13.2 Å². The molecular formula is C12H12F3N. The first-order valence-electron chi connectivity index (χ1n) is 4.98. The van der Waals surface area contributed by atoms with Crippen LogP contribution in [0.15, 0.2) is 30.3 Å². The molecule has 0 radical (unpaired) electrons. The number of hydrogen-bond acceptors (Lipinski definition) is 1. The van der Waals surface area contributed by atoms with Crippen LogP contribution in [0.4, 0.5) is 18.9 Å². The zero-order valence-electron chi connectivity index (χ0n) is 9.05. The minimum atomic E-state index is -4.23. The van der Waals surface area contributed by atoms with Gasteiger partial charge in [-0.2, -0.15) is 13.2 Å². The summed E-state index contributed by atoms with van der Waals surface area (Å²) in [5.74, 6) is 0.